The van der Waals surface area contributed by atoms with E-state index >= 15 is 0 Å². The number of hydrogen-bond donors (Lipinski definition) is 1. The number of likely N-dealkylation sites (N-methyl/N-ethyl adjacent to an activating group) is 1. The summed E-state index contributed by atoms with van der Waals surface area (Å²) in [7, 11) is 4.21. The van der Waals surface area contributed by atoms with E-state index in [1.807, 2.05) is 11.3 Å². The summed E-state index contributed by atoms with van der Waals surface area (Å²) < 4.78 is 0. The number of hydrogen-bond acceptors (Lipinski definition) is 3. The van der Waals surface area contributed by atoms with Gasteiger partial charge in [-0.25, -0.2) is 0 Å². The van der Waals surface area contributed by atoms with Crippen molar-refractivity contribution in [2.75, 3.05) is 27.2 Å². The Morgan fingerprint density at radius 2 is 2.07 bits per heavy atom. The smallest absolute Gasteiger partial charge is 0.0303 e. The molecule has 1 aromatic rings. The van der Waals surface area contributed by atoms with Gasteiger partial charge >= 0.3 is 0 Å². The van der Waals surface area contributed by atoms with Gasteiger partial charge in [0.05, 0.1) is 0 Å². The molecule has 3 heteroatoms. The zero-order valence-electron chi connectivity index (χ0n) is 10.4. The zero-order valence-corrected chi connectivity index (χ0v) is 11.2. The lowest BCUT2D eigenvalue weighted by Gasteiger charge is -2.16. The third-order valence-electron chi connectivity index (χ3n) is 2.56. The van der Waals surface area contributed by atoms with Crippen LogP contribution in [0.15, 0.2) is 6.07 Å². The van der Waals surface area contributed by atoms with Gasteiger partial charge in [-0.2, -0.15) is 0 Å². The third kappa shape index (κ3) is 3.93. The van der Waals surface area contributed by atoms with E-state index in [2.05, 4.69) is 51.1 Å². The van der Waals surface area contributed by atoms with Gasteiger partial charge in [-0.1, -0.05) is 0 Å². The van der Waals surface area contributed by atoms with Crippen molar-refractivity contribution in [1.82, 2.24) is 10.2 Å². The average molecular weight is 226 g/mol. The van der Waals surface area contributed by atoms with Crippen LogP contribution in [0.5, 0.6) is 0 Å². The van der Waals surface area contributed by atoms with E-state index in [-0.39, 0.29) is 0 Å². The van der Waals surface area contributed by atoms with Gasteiger partial charge in [0.1, 0.15) is 0 Å². The molecule has 0 amide bonds. The fraction of sp³-hybridized carbons (Fsp3) is 0.667. The molecule has 1 aromatic heterocycles. The van der Waals surface area contributed by atoms with Gasteiger partial charge in [0, 0.05) is 28.9 Å². The average Bonchev–Trinajstić information content (AvgIpc) is 2.44. The highest BCUT2D eigenvalue weighted by molar-refractivity contribution is 7.12. The summed E-state index contributed by atoms with van der Waals surface area (Å²) in [4.78, 5) is 5.05. The lowest BCUT2D eigenvalue weighted by atomic mass is 10.1. The fourth-order valence-electron chi connectivity index (χ4n) is 1.70. The monoisotopic (exact) mass is 226 g/mol. The van der Waals surface area contributed by atoms with E-state index in [1.165, 1.54) is 15.3 Å². The fourth-order valence-corrected chi connectivity index (χ4v) is 2.72. The number of aryl methyl sites for hydroxylation is 2. The molecule has 0 bridgehead atoms. The van der Waals surface area contributed by atoms with Crippen molar-refractivity contribution < 1.29 is 0 Å². The Morgan fingerprint density at radius 3 is 2.53 bits per heavy atom. The van der Waals surface area contributed by atoms with Gasteiger partial charge in [0.25, 0.3) is 0 Å². The van der Waals surface area contributed by atoms with Crippen molar-refractivity contribution in [3.8, 4) is 0 Å². The number of nitrogens with zero attached hydrogens (tertiary/aromatic N) is 1. The lowest BCUT2D eigenvalue weighted by Crippen LogP contribution is -2.28. The maximum Gasteiger partial charge on any atom is 0.0303 e. The van der Waals surface area contributed by atoms with Gasteiger partial charge in [0.15, 0.2) is 0 Å². The zero-order chi connectivity index (χ0) is 11.4. The Bertz CT molecular complexity index is 305. The van der Waals surface area contributed by atoms with Crippen molar-refractivity contribution in [2.45, 2.75) is 26.8 Å². The van der Waals surface area contributed by atoms with Crippen molar-refractivity contribution in [2.24, 2.45) is 0 Å². The Labute approximate surface area is 97.3 Å². The van der Waals surface area contributed by atoms with Crippen LogP contribution in [0.3, 0.4) is 0 Å². The standard InChI is InChI=1S/C12H22N2S/c1-9-8-12(11(3)15-9)10(2)13-6-7-14(4)5/h8,10,13H,6-7H2,1-5H3. The molecule has 0 aliphatic carbocycles. The minimum absolute atomic E-state index is 0.468. The highest BCUT2D eigenvalue weighted by atomic mass is 32.1. The molecule has 0 aliphatic heterocycles. The summed E-state index contributed by atoms with van der Waals surface area (Å²) in [5.74, 6) is 0. The topological polar surface area (TPSA) is 15.3 Å². The van der Waals surface area contributed by atoms with Crippen molar-refractivity contribution in [3.05, 3.63) is 21.4 Å². The maximum absolute atomic E-state index is 3.55. The largest absolute Gasteiger partial charge is 0.309 e. The molecule has 1 atom stereocenters. The molecule has 0 aliphatic rings. The second-order valence-electron chi connectivity index (χ2n) is 4.35. The molecule has 2 nitrogen and oxygen atoms in total. The molecule has 0 spiro atoms. The van der Waals surface area contributed by atoms with E-state index in [0.717, 1.165) is 13.1 Å². The molecule has 1 N–H and O–H groups in total. The molecule has 0 saturated heterocycles. The second-order valence-corrected chi connectivity index (χ2v) is 5.81. The molecule has 0 radical (unpaired) electrons. The van der Waals surface area contributed by atoms with Crippen molar-refractivity contribution >= 4 is 11.3 Å². The van der Waals surface area contributed by atoms with E-state index < -0.39 is 0 Å². The molecule has 1 unspecified atom stereocenters. The normalized spacial score (nSPS) is 13.5. The second kappa shape index (κ2) is 5.64. The molecule has 86 valence electrons. The van der Waals surface area contributed by atoms with Crippen LogP contribution >= 0.6 is 11.3 Å². The van der Waals surface area contributed by atoms with Gasteiger partial charge in [-0.15, -0.1) is 11.3 Å². The van der Waals surface area contributed by atoms with E-state index in [9.17, 15) is 0 Å². The van der Waals surface area contributed by atoms with Gasteiger partial charge in [0.2, 0.25) is 0 Å². The molecule has 0 saturated carbocycles. The third-order valence-corrected chi connectivity index (χ3v) is 3.54. The first-order chi connectivity index (χ1) is 7.00. The van der Waals surface area contributed by atoms with Crippen molar-refractivity contribution in [1.29, 1.82) is 0 Å². The van der Waals surface area contributed by atoms with E-state index in [0.29, 0.717) is 6.04 Å². The van der Waals surface area contributed by atoms with Crippen LogP contribution in [0, 0.1) is 13.8 Å². The summed E-state index contributed by atoms with van der Waals surface area (Å²) in [6, 6.07) is 2.77. The molecule has 1 rings (SSSR count). The van der Waals surface area contributed by atoms with Crippen LogP contribution in [0.2, 0.25) is 0 Å². The predicted molar refractivity (Wildman–Crippen MR) is 68.8 cm³/mol. The predicted octanol–water partition coefficient (Wildman–Crippen LogP) is 2.58. The Hall–Kier alpha value is -0.380. The van der Waals surface area contributed by atoms with Crippen LogP contribution in [0.4, 0.5) is 0 Å². The Balaban J connectivity index is 2.46. The molecule has 15 heavy (non-hydrogen) atoms. The first-order valence-electron chi connectivity index (χ1n) is 5.45. The summed E-state index contributed by atoms with van der Waals surface area (Å²) in [6.07, 6.45) is 0. The van der Waals surface area contributed by atoms with Crippen LogP contribution in [0.1, 0.15) is 28.3 Å². The number of nitrogens with one attached hydrogen (secondary N) is 1. The minimum atomic E-state index is 0.468. The van der Waals surface area contributed by atoms with Gasteiger partial charge < -0.3 is 10.2 Å². The first-order valence-corrected chi connectivity index (χ1v) is 6.27. The summed E-state index contributed by atoms with van der Waals surface area (Å²) in [5.41, 5.74) is 1.45. The van der Waals surface area contributed by atoms with Crippen LogP contribution in [-0.4, -0.2) is 32.1 Å². The number of rotatable bonds is 5. The summed E-state index contributed by atoms with van der Waals surface area (Å²) >= 11 is 1.89. The highest BCUT2D eigenvalue weighted by Gasteiger charge is 2.10. The van der Waals surface area contributed by atoms with Crippen LogP contribution in [-0.2, 0) is 0 Å². The Kier molecular flexibility index (Phi) is 4.77. The minimum Gasteiger partial charge on any atom is -0.309 e. The van der Waals surface area contributed by atoms with E-state index in [1.54, 1.807) is 0 Å². The molecular formula is C12H22N2S. The van der Waals surface area contributed by atoms with Gasteiger partial charge in [-0.3, -0.25) is 0 Å². The maximum atomic E-state index is 3.55. The summed E-state index contributed by atoms with van der Waals surface area (Å²) in [6.45, 7) is 8.75. The first kappa shape index (κ1) is 12.7. The quantitative estimate of drug-likeness (QED) is 0.830. The van der Waals surface area contributed by atoms with Crippen LogP contribution in [0.25, 0.3) is 0 Å². The SMILES string of the molecule is Cc1cc(C(C)NCCN(C)C)c(C)s1. The molecule has 0 aromatic carbocycles. The molecule has 1 heterocycles. The summed E-state index contributed by atoms with van der Waals surface area (Å²) in [5, 5.41) is 3.55. The molecule has 0 fully saturated rings. The lowest BCUT2D eigenvalue weighted by molar-refractivity contribution is 0.389. The Morgan fingerprint density at radius 1 is 1.40 bits per heavy atom. The van der Waals surface area contributed by atoms with Crippen molar-refractivity contribution in [3.63, 3.8) is 0 Å². The van der Waals surface area contributed by atoms with E-state index in [4.69, 9.17) is 0 Å². The van der Waals surface area contributed by atoms with Crippen LogP contribution < -0.4 is 5.32 Å². The number of thiophene rings is 1. The highest BCUT2D eigenvalue weighted by Crippen LogP contribution is 2.25. The molecular weight excluding hydrogens is 204 g/mol. The van der Waals surface area contributed by atoms with Gasteiger partial charge in [-0.05, 0) is 46.5 Å².